The molecule has 0 aliphatic carbocycles. The fourth-order valence-corrected chi connectivity index (χ4v) is 5.61. The van der Waals surface area contributed by atoms with Gasteiger partial charge in [-0.25, -0.2) is 9.79 Å². The van der Waals surface area contributed by atoms with Crippen molar-refractivity contribution < 1.29 is 19.0 Å². The van der Waals surface area contributed by atoms with Gasteiger partial charge in [-0.3, -0.25) is 9.36 Å². The Bertz CT molecular complexity index is 1730. The number of fused-ring (bicyclic) bond motifs is 1. The van der Waals surface area contributed by atoms with E-state index < -0.39 is 12.0 Å². The summed E-state index contributed by atoms with van der Waals surface area (Å²) >= 11 is 7.41. The van der Waals surface area contributed by atoms with Gasteiger partial charge in [0.05, 0.1) is 28.5 Å². The maximum absolute atomic E-state index is 13.9. The van der Waals surface area contributed by atoms with E-state index in [1.54, 1.807) is 41.8 Å². The summed E-state index contributed by atoms with van der Waals surface area (Å²) in [6, 6.07) is 23.8. The Morgan fingerprint density at radius 1 is 1.02 bits per heavy atom. The zero-order chi connectivity index (χ0) is 28.1. The molecule has 1 aliphatic heterocycles. The zero-order valence-electron chi connectivity index (χ0n) is 22.0. The van der Waals surface area contributed by atoms with Crippen molar-refractivity contribution in [1.29, 1.82) is 0 Å². The molecule has 7 nitrogen and oxygen atoms in total. The molecule has 0 radical (unpaired) electrons. The van der Waals surface area contributed by atoms with E-state index in [-0.39, 0.29) is 18.8 Å². The van der Waals surface area contributed by atoms with Crippen LogP contribution in [0.15, 0.2) is 99.9 Å². The normalized spacial score (nSPS) is 15.0. The molecule has 1 unspecified atom stereocenters. The minimum Gasteiger partial charge on any atom is -0.488 e. The van der Waals surface area contributed by atoms with Crippen molar-refractivity contribution in [3.8, 4) is 5.75 Å². The summed E-state index contributed by atoms with van der Waals surface area (Å²) < 4.78 is 18.6. The van der Waals surface area contributed by atoms with Crippen molar-refractivity contribution in [2.45, 2.75) is 19.6 Å². The maximum atomic E-state index is 13.9. The molecule has 3 aromatic carbocycles. The van der Waals surface area contributed by atoms with Gasteiger partial charge in [0.1, 0.15) is 19.0 Å². The smallest absolute Gasteiger partial charge is 0.338 e. The van der Waals surface area contributed by atoms with Crippen molar-refractivity contribution in [1.82, 2.24) is 4.57 Å². The SMILES string of the molecule is COCCOC(=O)C1=C(C)N=c2sc(=Cc3ccccc3OCc3ccccc3)c(=O)n2C1c1ccc(Cl)cc1. The standard InChI is InChI=1S/C31H27ClN2O5S/c1-20-27(30(36)38-17-16-37-2)28(22-12-14-24(32)15-13-22)34-29(35)26(40-31(34)33-20)18-23-10-6-7-11-25(23)39-19-21-8-4-3-5-9-21/h3-15,18,28H,16-17,19H2,1-2H3. The first kappa shape index (κ1) is 27.6. The Kier molecular flexibility index (Phi) is 8.60. The number of halogens is 1. The number of rotatable bonds is 9. The number of aromatic nitrogens is 1. The van der Waals surface area contributed by atoms with Gasteiger partial charge >= 0.3 is 5.97 Å². The average Bonchev–Trinajstić information content (AvgIpc) is 3.27. The number of methoxy groups -OCH3 is 1. The Balaban J connectivity index is 1.57. The third kappa shape index (κ3) is 5.94. The number of para-hydroxylation sites is 1. The Labute approximate surface area is 240 Å². The molecular weight excluding hydrogens is 548 g/mol. The molecule has 0 amide bonds. The molecule has 204 valence electrons. The van der Waals surface area contributed by atoms with Crippen LogP contribution in [0.3, 0.4) is 0 Å². The zero-order valence-corrected chi connectivity index (χ0v) is 23.6. The van der Waals surface area contributed by atoms with E-state index in [4.69, 9.17) is 25.8 Å². The van der Waals surface area contributed by atoms with E-state index in [0.29, 0.717) is 38.0 Å². The van der Waals surface area contributed by atoms with Crippen LogP contribution in [0.25, 0.3) is 6.08 Å². The van der Waals surface area contributed by atoms with Crippen molar-refractivity contribution in [3.05, 3.63) is 132 Å². The predicted molar refractivity (Wildman–Crippen MR) is 155 cm³/mol. The summed E-state index contributed by atoms with van der Waals surface area (Å²) in [6.45, 7) is 2.50. The topological polar surface area (TPSA) is 79.1 Å². The lowest BCUT2D eigenvalue weighted by atomic mass is 9.96. The van der Waals surface area contributed by atoms with Crippen LogP contribution in [-0.4, -0.2) is 30.9 Å². The van der Waals surface area contributed by atoms with E-state index in [1.165, 1.54) is 18.4 Å². The lowest BCUT2D eigenvalue weighted by Gasteiger charge is -2.24. The second-order valence-corrected chi connectivity index (χ2v) is 10.5. The highest BCUT2D eigenvalue weighted by Crippen LogP contribution is 2.31. The molecule has 9 heteroatoms. The number of allylic oxidation sites excluding steroid dienone is 1. The summed E-state index contributed by atoms with van der Waals surface area (Å²) in [7, 11) is 1.53. The van der Waals surface area contributed by atoms with Crippen LogP contribution in [0.5, 0.6) is 5.75 Å². The molecule has 2 heterocycles. The minimum absolute atomic E-state index is 0.0869. The number of carbonyl (C=O) groups is 1. The molecule has 1 aliphatic rings. The molecule has 40 heavy (non-hydrogen) atoms. The molecule has 0 bridgehead atoms. The molecule has 5 rings (SSSR count). The fourth-order valence-electron chi connectivity index (χ4n) is 4.45. The van der Waals surface area contributed by atoms with E-state index in [2.05, 4.69) is 4.99 Å². The molecule has 1 atom stereocenters. The van der Waals surface area contributed by atoms with Gasteiger partial charge in [0.25, 0.3) is 5.56 Å². The number of benzene rings is 3. The van der Waals surface area contributed by atoms with E-state index >= 15 is 0 Å². The van der Waals surface area contributed by atoms with Gasteiger partial charge in [-0.15, -0.1) is 0 Å². The van der Waals surface area contributed by atoms with E-state index in [0.717, 1.165) is 16.7 Å². The van der Waals surface area contributed by atoms with Crippen LogP contribution in [0.1, 0.15) is 29.7 Å². The predicted octanol–water partition coefficient (Wildman–Crippen LogP) is 4.66. The van der Waals surface area contributed by atoms with Gasteiger partial charge in [-0.2, -0.15) is 0 Å². The number of hydrogen-bond acceptors (Lipinski definition) is 7. The molecular formula is C31H27ClN2O5S. The first-order valence-electron chi connectivity index (χ1n) is 12.7. The molecule has 0 spiro atoms. The van der Waals surface area contributed by atoms with Crippen LogP contribution in [0, 0.1) is 0 Å². The number of esters is 1. The third-order valence-corrected chi connectivity index (χ3v) is 7.63. The van der Waals surface area contributed by atoms with E-state index in [1.807, 2.05) is 54.6 Å². The molecule has 0 saturated heterocycles. The van der Waals surface area contributed by atoms with Crippen molar-refractivity contribution >= 4 is 35.0 Å². The molecule has 0 N–H and O–H groups in total. The average molecular weight is 575 g/mol. The van der Waals surface area contributed by atoms with Crippen molar-refractivity contribution in [2.75, 3.05) is 20.3 Å². The number of carbonyl (C=O) groups excluding carboxylic acids is 1. The van der Waals surface area contributed by atoms with Crippen LogP contribution in [-0.2, 0) is 20.9 Å². The maximum Gasteiger partial charge on any atom is 0.338 e. The van der Waals surface area contributed by atoms with Crippen molar-refractivity contribution in [3.63, 3.8) is 0 Å². The second-order valence-electron chi connectivity index (χ2n) is 9.07. The van der Waals surface area contributed by atoms with Gasteiger partial charge in [0.15, 0.2) is 4.80 Å². The summed E-state index contributed by atoms with van der Waals surface area (Å²) in [4.78, 5) is 32.3. The second kappa shape index (κ2) is 12.5. The number of ether oxygens (including phenoxy) is 3. The van der Waals surface area contributed by atoms with Crippen molar-refractivity contribution in [2.24, 2.45) is 4.99 Å². The monoisotopic (exact) mass is 574 g/mol. The molecule has 1 aromatic heterocycles. The third-order valence-electron chi connectivity index (χ3n) is 6.39. The summed E-state index contributed by atoms with van der Waals surface area (Å²) in [5.74, 6) is 0.109. The van der Waals surface area contributed by atoms with Gasteiger partial charge in [0.2, 0.25) is 0 Å². The first-order chi connectivity index (χ1) is 19.5. The highest BCUT2D eigenvalue weighted by Gasteiger charge is 2.33. The van der Waals surface area contributed by atoms with Gasteiger partial charge in [-0.05, 0) is 42.3 Å². The summed E-state index contributed by atoms with van der Waals surface area (Å²) in [5, 5.41) is 0.549. The minimum atomic E-state index is -0.727. The molecule has 0 saturated carbocycles. The quantitative estimate of drug-likeness (QED) is 0.215. The highest BCUT2D eigenvalue weighted by molar-refractivity contribution is 7.07. The lowest BCUT2D eigenvalue weighted by Crippen LogP contribution is -2.40. The number of thiazole rings is 1. The number of nitrogens with zero attached hydrogens (tertiary/aromatic N) is 2. The van der Waals surface area contributed by atoms with E-state index in [9.17, 15) is 9.59 Å². The van der Waals surface area contributed by atoms with Gasteiger partial charge < -0.3 is 14.2 Å². The Morgan fingerprint density at radius 2 is 1.75 bits per heavy atom. The van der Waals surface area contributed by atoms with Crippen LogP contribution < -0.4 is 19.6 Å². The molecule has 0 fully saturated rings. The summed E-state index contributed by atoms with van der Waals surface area (Å²) in [6.07, 6.45) is 1.80. The van der Waals surface area contributed by atoms with Gasteiger partial charge in [0, 0.05) is 17.7 Å². The summed E-state index contributed by atoms with van der Waals surface area (Å²) in [5.41, 5.74) is 3.04. The fraction of sp³-hybridized carbons (Fsp3) is 0.194. The first-order valence-corrected chi connectivity index (χ1v) is 13.9. The number of hydrogen-bond donors (Lipinski definition) is 0. The van der Waals surface area contributed by atoms with Crippen LogP contribution in [0.4, 0.5) is 0 Å². The largest absolute Gasteiger partial charge is 0.488 e. The molecule has 4 aromatic rings. The Hall–Kier alpha value is -3.98. The lowest BCUT2D eigenvalue weighted by molar-refractivity contribution is -0.140. The van der Waals surface area contributed by atoms with Gasteiger partial charge in [-0.1, -0.05) is 83.6 Å². The van der Waals surface area contributed by atoms with Crippen LogP contribution in [0.2, 0.25) is 5.02 Å². The highest BCUT2D eigenvalue weighted by atomic mass is 35.5. The van der Waals surface area contributed by atoms with Crippen LogP contribution >= 0.6 is 22.9 Å². The Morgan fingerprint density at radius 3 is 2.50 bits per heavy atom.